The van der Waals surface area contributed by atoms with Crippen molar-refractivity contribution in [1.82, 2.24) is 4.90 Å². The van der Waals surface area contributed by atoms with E-state index in [4.69, 9.17) is 5.73 Å². The molecule has 23 heavy (non-hydrogen) atoms. The van der Waals surface area contributed by atoms with Crippen molar-refractivity contribution in [3.63, 3.8) is 0 Å². The summed E-state index contributed by atoms with van der Waals surface area (Å²) in [7, 11) is 0. The van der Waals surface area contributed by atoms with Gasteiger partial charge in [-0.1, -0.05) is 40.2 Å². The highest BCUT2D eigenvalue weighted by atomic mass is 79.9. The zero-order valence-corrected chi connectivity index (χ0v) is 14.4. The van der Waals surface area contributed by atoms with Crippen molar-refractivity contribution in [3.8, 4) is 0 Å². The van der Waals surface area contributed by atoms with Gasteiger partial charge < -0.3 is 5.73 Å². The molecule has 0 spiro atoms. The first kappa shape index (κ1) is 17.6. The number of nitrogens with zero attached hydrogens (tertiary/aromatic N) is 2. The van der Waals surface area contributed by atoms with Gasteiger partial charge in [0.2, 0.25) is 0 Å². The van der Waals surface area contributed by atoms with Crippen LogP contribution in [-0.4, -0.2) is 22.9 Å². The molecule has 0 aliphatic rings. The summed E-state index contributed by atoms with van der Waals surface area (Å²) in [6.45, 7) is 3.09. The second-order valence-corrected chi connectivity index (χ2v) is 6.32. The molecule has 0 radical (unpaired) electrons. The summed E-state index contributed by atoms with van der Waals surface area (Å²) in [5.41, 5.74) is 8.03. The fraction of sp³-hybridized carbons (Fsp3) is 0.294. The zero-order valence-electron chi connectivity index (χ0n) is 12.8. The fourth-order valence-corrected chi connectivity index (χ4v) is 2.85. The van der Waals surface area contributed by atoms with Crippen LogP contribution in [0.2, 0.25) is 0 Å². The molecule has 0 saturated heterocycles. The summed E-state index contributed by atoms with van der Waals surface area (Å²) in [5, 5.41) is 10.7. The minimum absolute atomic E-state index is 0.120. The van der Waals surface area contributed by atoms with Crippen molar-refractivity contribution in [2.45, 2.75) is 19.5 Å². The number of hydrogen-bond donors (Lipinski definition) is 1. The number of nitrogens with two attached hydrogens (primary N) is 1. The highest BCUT2D eigenvalue weighted by Crippen LogP contribution is 2.17. The summed E-state index contributed by atoms with van der Waals surface area (Å²) < 4.78 is 1.06. The Hall–Kier alpha value is -1.76. The maximum atomic E-state index is 10.7. The monoisotopic (exact) mass is 377 g/mol. The minimum Gasteiger partial charge on any atom is -0.330 e. The predicted octanol–water partition coefficient (Wildman–Crippen LogP) is 3.71. The van der Waals surface area contributed by atoms with Gasteiger partial charge in [-0.15, -0.1) is 0 Å². The average molecular weight is 378 g/mol. The van der Waals surface area contributed by atoms with Gasteiger partial charge >= 0.3 is 0 Å². The first-order valence-corrected chi connectivity index (χ1v) is 8.28. The summed E-state index contributed by atoms with van der Waals surface area (Å²) >= 11 is 3.49. The Balaban J connectivity index is 2.06. The van der Waals surface area contributed by atoms with Crippen molar-refractivity contribution in [2.24, 2.45) is 5.73 Å². The summed E-state index contributed by atoms with van der Waals surface area (Å²) in [6, 6.07) is 15.0. The SMILES string of the molecule is NCCCN(Cc1ccc([N+](=O)[O-])cc1)Cc1cccc(Br)c1. The maximum Gasteiger partial charge on any atom is 0.269 e. The number of halogens is 1. The van der Waals surface area contributed by atoms with Crippen LogP contribution in [0.5, 0.6) is 0 Å². The molecular formula is C17H20BrN3O2. The molecule has 2 aromatic carbocycles. The van der Waals surface area contributed by atoms with Crippen molar-refractivity contribution >= 4 is 21.6 Å². The third-order valence-corrected chi connectivity index (χ3v) is 4.02. The molecule has 0 aliphatic carbocycles. The normalized spacial score (nSPS) is 10.9. The van der Waals surface area contributed by atoms with Crippen LogP contribution >= 0.6 is 15.9 Å². The molecule has 0 saturated carbocycles. The second-order valence-electron chi connectivity index (χ2n) is 5.41. The van der Waals surface area contributed by atoms with Crippen LogP contribution in [0, 0.1) is 10.1 Å². The van der Waals surface area contributed by atoms with Gasteiger partial charge in [-0.05, 0) is 36.2 Å². The molecule has 0 bridgehead atoms. The Bertz CT molecular complexity index is 647. The molecule has 0 aromatic heterocycles. The van der Waals surface area contributed by atoms with Crippen LogP contribution in [-0.2, 0) is 13.1 Å². The third-order valence-electron chi connectivity index (χ3n) is 3.53. The van der Waals surface area contributed by atoms with Crippen molar-refractivity contribution < 1.29 is 4.92 Å². The number of nitro benzene ring substituents is 1. The topological polar surface area (TPSA) is 72.4 Å². The highest BCUT2D eigenvalue weighted by molar-refractivity contribution is 9.10. The summed E-state index contributed by atoms with van der Waals surface area (Å²) in [4.78, 5) is 12.6. The van der Waals surface area contributed by atoms with Gasteiger partial charge in [0.1, 0.15) is 0 Å². The fourth-order valence-electron chi connectivity index (χ4n) is 2.40. The van der Waals surface area contributed by atoms with Gasteiger partial charge in [-0.2, -0.15) is 0 Å². The number of benzene rings is 2. The van der Waals surface area contributed by atoms with Gasteiger partial charge in [-0.25, -0.2) is 0 Å². The van der Waals surface area contributed by atoms with E-state index in [2.05, 4.69) is 33.0 Å². The minimum atomic E-state index is -0.378. The second kappa shape index (κ2) is 8.76. The van der Waals surface area contributed by atoms with Gasteiger partial charge in [-0.3, -0.25) is 15.0 Å². The lowest BCUT2D eigenvalue weighted by Crippen LogP contribution is -2.25. The van der Waals surface area contributed by atoms with E-state index in [1.165, 1.54) is 5.56 Å². The lowest BCUT2D eigenvalue weighted by molar-refractivity contribution is -0.384. The third kappa shape index (κ3) is 5.74. The van der Waals surface area contributed by atoms with E-state index in [0.29, 0.717) is 6.54 Å². The molecule has 122 valence electrons. The first-order chi connectivity index (χ1) is 11.1. The van der Waals surface area contributed by atoms with Crippen LogP contribution in [0.4, 0.5) is 5.69 Å². The number of rotatable bonds is 8. The molecular weight excluding hydrogens is 358 g/mol. The molecule has 0 heterocycles. The van der Waals surface area contributed by atoms with Gasteiger partial charge in [0.15, 0.2) is 0 Å². The molecule has 2 rings (SSSR count). The number of nitro groups is 1. The smallest absolute Gasteiger partial charge is 0.269 e. The number of hydrogen-bond acceptors (Lipinski definition) is 4. The Morgan fingerprint density at radius 3 is 2.39 bits per heavy atom. The Morgan fingerprint density at radius 1 is 1.09 bits per heavy atom. The maximum absolute atomic E-state index is 10.7. The zero-order chi connectivity index (χ0) is 16.7. The number of non-ortho nitro benzene ring substituents is 1. The van der Waals surface area contributed by atoms with Crippen molar-refractivity contribution in [2.75, 3.05) is 13.1 Å². The van der Waals surface area contributed by atoms with E-state index in [-0.39, 0.29) is 10.6 Å². The van der Waals surface area contributed by atoms with Gasteiger partial charge in [0, 0.05) is 36.2 Å². The molecule has 5 nitrogen and oxygen atoms in total. The van der Waals surface area contributed by atoms with E-state index in [0.717, 1.165) is 36.1 Å². The van der Waals surface area contributed by atoms with E-state index >= 15 is 0 Å². The van der Waals surface area contributed by atoms with Crippen LogP contribution in [0.1, 0.15) is 17.5 Å². The lowest BCUT2D eigenvalue weighted by Gasteiger charge is -2.22. The summed E-state index contributed by atoms with van der Waals surface area (Å²) in [5.74, 6) is 0. The van der Waals surface area contributed by atoms with E-state index in [1.807, 2.05) is 24.3 Å². The lowest BCUT2D eigenvalue weighted by atomic mass is 10.1. The van der Waals surface area contributed by atoms with E-state index in [9.17, 15) is 10.1 Å². The molecule has 2 aromatic rings. The molecule has 2 N–H and O–H groups in total. The van der Waals surface area contributed by atoms with Crippen LogP contribution < -0.4 is 5.73 Å². The van der Waals surface area contributed by atoms with Gasteiger partial charge in [0.25, 0.3) is 5.69 Å². The Morgan fingerprint density at radius 2 is 1.78 bits per heavy atom. The van der Waals surface area contributed by atoms with Crippen molar-refractivity contribution in [3.05, 3.63) is 74.2 Å². The molecule has 0 unspecified atom stereocenters. The average Bonchev–Trinajstić information content (AvgIpc) is 2.53. The first-order valence-electron chi connectivity index (χ1n) is 7.48. The standard InChI is InChI=1S/C17H20BrN3O2/c18-16-4-1-3-15(11-16)13-20(10-2-9-19)12-14-5-7-17(8-6-14)21(22)23/h1,3-8,11H,2,9-10,12-13,19H2. The van der Waals surface area contributed by atoms with Gasteiger partial charge in [0.05, 0.1) is 4.92 Å². The molecule has 6 heteroatoms. The van der Waals surface area contributed by atoms with E-state index in [1.54, 1.807) is 12.1 Å². The highest BCUT2D eigenvalue weighted by Gasteiger charge is 2.09. The molecule has 0 aliphatic heterocycles. The summed E-state index contributed by atoms with van der Waals surface area (Å²) in [6.07, 6.45) is 0.918. The molecule has 0 atom stereocenters. The Labute approximate surface area is 144 Å². The quantitative estimate of drug-likeness (QED) is 0.562. The molecule has 0 fully saturated rings. The van der Waals surface area contributed by atoms with E-state index < -0.39 is 0 Å². The predicted molar refractivity (Wildman–Crippen MR) is 95.0 cm³/mol. The Kier molecular flexibility index (Phi) is 6.70. The van der Waals surface area contributed by atoms with Crippen LogP contribution in [0.15, 0.2) is 53.0 Å². The largest absolute Gasteiger partial charge is 0.330 e. The molecule has 0 amide bonds. The van der Waals surface area contributed by atoms with Crippen LogP contribution in [0.3, 0.4) is 0 Å². The van der Waals surface area contributed by atoms with Crippen LogP contribution in [0.25, 0.3) is 0 Å². The van der Waals surface area contributed by atoms with Crippen molar-refractivity contribution in [1.29, 1.82) is 0 Å².